The van der Waals surface area contributed by atoms with E-state index in [2.05, 4.69) is 15.8 Å². The number of rotatable bonds is 6. The molecule has 0 saturated heterocycles. The second-order valence-corrected chi connectivity index (χ2v) is 6.79. The highest BCUT2D eigenvalue weighted by atomic mass is 16.5. The number of nitrogens with one attached hydrogen (secondary N) is 3. The Labute approximate surface area is 164 Å². The number of H-pyrrole nitrogens is 1. The summed E-state index contributed by atoms with van der Waals surface area (Å²) in [4.78, 5) is 39.5. The zero-order valence-electron chi connectivity index (χ0n) is 17.1. The van der Waals surface area contributed by atoms with E-state index < -0.39 is 17.9 Å². The molecular weight excluding hydrogens is 358 g/mol. The van der Waals surface area contributed by atoms with Gasteiger partial charge >= 0.3 is 0 Å². The van der Waals surface area contributed by atoms with E-state index in [4.69, 9.17) is 4.74 Å². The lowest BCUT2D eigenvalue weighted by Crippen LogP contribution is -2.47. The lowest BCUT2D eigenvalue weighted by atomic mass is 10.0. The monoisotopic (exact) mass is 385 g/mol. The first-order valence-corrected chi connectivity index (χ1v) is 9.22. The van der Waals surface area contributed by atoms with Crippen molar-refractivity contribution in [2.45, 2.75) is 54.1 Å². The molecule has 3 N–H and O–H groups in total. The van der Waals surface area contributed by atoms with Gasteiger partial charge in [-0.2, -0.15) is 0 Å². The number of ketones is 1. The van der Waals surface area contributed by atoms with Crippen molar-refractivity contribution in [3.8, 4) is 5.75 Å². The number of carbonyl (C=O) groups is 3. The summed E-state index contributed by atoms with van der Waals surface area (Å²) in [6, 6.07) is 5.62. The second kappa shape index (κ2) is 8.73. The summed E-state index contributed by atoms with van der Waals surface area (Å²) in [7, 11) is 0. The molecule has 2 rings (SSSR count). The minimum Gasteiger partial charge on any atom is -0.481 e. The summed E-state index contributed by atoms with van der Waals surface area (Å²) in [5.74, 6) is -0.486. The van der Waals surface area contributed by atoms with Crippen LogP contribution in [-0.4, -0.2) is 28.7 Å². The maximum Gasteiger partial charge on any atom is 0.286 e. The molecule has 0 spiro atoms. The van der Waals surface area contributed by atoms with Crippen LogP contribution in [0.25, 0.3) is 0 Å². The van der Waals surface area contributed by atoms with Crippen LogP contribution in [0.3, 0.4) is 0 Å². The molecular formula is C21H27N3O4. The van der Waals surface area contributed by atoms with Crippen LogP contribution in [0.15, 0.2) is 18.2 Å². The number of hydrazine groups is 1. The molecule has 1 atom stereocenters. The van der Waals surface area contributed by atoms with Crippen LogP contribution in [0, 0.1) is 20.8 Å². The Morgan fingerprint density at radius 1 is 1.14 bits per heavy atom. The highest BCUT2D eigenvalue weighted by Gasteiger charge is 2.23. The third-order valence-electron chi connectivity index (χ3n) is 4.75. The number of aromatic nitrogens is 1. The number of aromatic amines is 1. The summed E-state index contributed by atoms with van der Waals surface area (Å²) in [6.07, 6.45) is -0.285. The van der Waals surface area contributed by atoms with Crippen LogP contribution in [0.4, 0.5) is 0 Å². The van der Waals surface area contributed by atoms with E-state index in [1.165, 1.54) is 6.92 Å². The molecule has 0 aliphatic rings. The first-order chi connectivity index (χ1) is 13.2. The molecule has 1 aromatic carbocycles. The summed E-state index contributed by atoms with van der Waals surface area (Å²) >= 11 is 0. The Balaban J connectivity index is 2.04. The predicted octanol–water partition coefficient (Wildman–Crippen LogP) is 2.93. The van der Waals surface area contributed by atoms with E-state index in [9.17, 15) is 14.4 Å². The van der Waals surface area contributed by atoms with E-state index in [-0.39, 0.29) is 11.5 Å². The number of carbonyl (C=O) groups excluding carboxylic acids is 3. The third kappa shape index (κ3) is 4.42. The van der Waals surface area contributed by atoms with E-state index in [1.807, 2.05) is 32.9 Å². The van der Waals surface area contributed by atoms with Gasteiger partial charge < -0.3 is 9.72 Å². The summed E-state index contributed by atoms with van der Waals surface area (Å²) in [5.41, 5.74) is 8.84. The number of Topliss-reactive ketones (excluding diaryl/α,β-unsaturated/α-hetero) is 1. The molecule has 28 heavy (non-hydrogen) atoms. The molecule has 2 amide bonds. The van der Waals surface area contributed by atoms with Crippen LogP contribution < -0.4 is 15.6 Å². The Hall–Kier alpha value is -3.09. The maximum absolute atomic E-state index is 12.5. The average Bonchev–Trinajstić information content (AvgIpc) is 2.99. The van der Waals surface area contributed by atoms with Gasteiger partial charge in [0, 0.05) is 11.3 Å². The molecule has 0 bridgehead atoms. The van der Waals surface area contributed by atoms with Crippen molar-refractivity contribution in [1.29, 1.82) is 0 Å². The van der Waals surface area contributed by atoms with E-state index in [1.54, 1.807) is 19.9 Å². The first-order valence-electron chi connectivity index (χ1n) is 9.22. The number of hydrogen-bond donors (Lipinski definition) is 3. The predicted molar refractivity (Wildman–Crippen MR) is 107 cm³/mol. The van der Waals surface area contributed by atoms with Crippen LogP contribution >= 0.6 is 0 Å². The highest BCUT2D eigenvalue weighted by Crippen LogP contribution is 2.22. The minimum absolute atomic E-state index is 0.107. The van der Waals surface area contributed by atoms with Crippen LogP contribution in [0.2, 0.25) is 0 Å². The van der Waals surface area contributed by atoms with E-state index in [0.717, 1.165) is 11.1 Å². The van der Waals surface area contributed by atoms with Crippen LogP contribution in [0.5, 0.6) is 5.75 Å². The molecule has 1 unspecified atom stereocenters. The number of hydrogen-bond acceptors (Lipinski definition) is 4. The Morgan fingerprint density at radius 3 is 2.43 bits per heavy atom. The molecule has 0 saturated carbocycles. The number of amides is 2. The van der Waals surface area contributed by atoms with Gasteiger partial charge in [-0.15, -0.1) is 0 Å². The lowest BCUT2D eigenvalue weighted by Gasteiger charge is -2.17. The molecule has 150 valence electrons. The van der Waals surface area contributed by atoms with Crippen molar-refractivity contribution in [2.24, 2.45) is 0 Å². The summed E-state index contributed by atoms with van der Waals surface area (Å²) in [5, 5.41) is 0. The molecule has 2 aromatic rings. The van der Waals surface area contributed by atoms with Crippen molar-refractivity contribution in [3.63, 3.8) is 0 Å². The largest absolute Gasteiger partial charge is 0.481 e. The molecule has 0 radical (unpaired) electrons. The zero-order chi connectivity index (χ0) is 21.0. The Bertz CT molecular complexity index is 915. The van der Waals surface area contributed by atoms with Gasteiger partial charge in [0.15, 0.2) is 11.9 Å². The fraction of sp³-hybridized carbons (Fsp3) is 0.381. The van der Waals surface area contributed by atoms with Crippen LogP contribution in [-0.2, 0) is 11.2 Å². The lowest BCUT2D eigenvalue weighted by molar-refractivity contribution is -0.128. The maximum atomic E-state index is 12.5. The third-order valence-corrected chi connectivity index (χ3v) is 4.75. The van der Waals surface area contributed by atoms with E-state index in [0.29, 0.717) is 29.0 Å². The fourth-order valence-electron chi connectivity index (χ4n) is 3.08. The highest BCUT2D eigenvalue weighted by molar-refractivity contribution is 6.03. The molecule has 0 fully saturated rings. The van der Waals surface area contributed by atoms with Gasteiger partial charge in [0.1, 0.15) is 11.4 Å². The number of aryl methyl sites for hydroxylation is 2. The van der Waals surface area contributed by atoms with Crippen LogP contribution in [0.1, 0.15) is 64.0 Å². The molecule has 7 heteroatoms. The van der Waals surface area contributed by atoms with Crippen molar-refractivity contribution in [1.82, 2.24) is 15.8 Å². The second-order valence-electron chi connectivity index (χ2n) is 6.79. The van der Waals surface area contributed by atoms with Gasteiger partial charge in [-0.3, -0.25) is 25.2 Å². The molecule has 1 heterocycles. The smallest absolute Gasteiger partial charge is 0.286 e. The average molecular weight is 385 g/mol. The van der Waals surface area contributed by atoms with Crippen molar-refractivity contribution in [2.75, 3.05) is 0 Å². The van der Waals surface area contributed by atoms with Gasteiger partial charge in [0.05, 0.1) is 0 Å². The number of ether oxygens (including phenoxy) is 1. The van der Waals surface area contributed by atoms with Gasteiger partial charge in [-0.1, -0.05) is 19.1 Å². The summed E-state index contributed by atoms with van der Waals surface area (Å²) in [6.45, 7) is 10.6. The van der Waals surface area contributed by atoms with Gasteiger partial charge in [0.25, 0.3) is 11.8 Å². The fourth-order valence-corrected chi connectivity index (χ4v) is 3.08. The van der Waals surface area contributed by atoms with Gasteiger partial charge in [-0.25, -0.2) is 0 Å². The standard InChI is InChI=1S/C21H27N3O4/c1-7-16-18(14(5)25)13(4)22-19(16)21(27)24-23-20(26)15(6)28-17-10-8-9-11(2)12(17)3/h8-10,15,22H,7H2,1-6H3,(H,23,26)(H,24,27). The SMILES string of the molecule is CCc1c(C(=O)NNC(=O)C(C)Oc2cccc(C)c2C)[nH]c(C)c1C(C)=O. The normalized spacial score (nSPS) is 11.6. The topological polar surface area (TPSA) is 100 Å². The Morgan fingerprint density at radius 2 is 1.82 bits per heavy atom. The molecule has 0 aliphatic heterocycles. The Kier molecular flexibility index (Phi) is 6.62. The quantitative estimate of drug-likeness (QED) is 0.526. The van der Waals surface area contributed by atoms with Crippen molar-refractivity contribution >= 4 is 17.6 Å². The van der Waals surface area contributed by atoms with Crippen molar-refractivity contribution < 1.29 is 19.1 Å². The molecule has 1 aromatic heterocycles. The van der Waals surface area contributed by atoms with Crippen molar-refractivity contribution in [3.05, 3.63) is 51.8 Å². The minimum atomic E-state index is -0.801. The summed E-state index contributed by atoms with van der Waals surface area (Å²) < 4.78 is 5.71. The molecule has 0 aliphatic carbocycles. The van der Waals surface area contributed by atoms with Gasteiger partial charge in [-0.05, 0) is 63.8 Å². The molecule has 7 nitrogen and oxygen atoms in total. The van der Waals surface area contributed by atoms with E-state index >= 15 is 0 Å². The number of benzene rings is 1. The first kappa shape index (κ1) is 21.2. The zero-order valence-corrected chi connectivity index (χ0v) is 17.1. The van der Waals surface area contributed by atoms with Gasteiger partial charge in [0.2, 0.25) is 0 Å².